The van der Waals surface area contributed by atoms with Crippen LogP contribution in [-0.4, -0.2) is 103 Å². The molecule has 0 radical (unpaired) electrons. The minimum absolute atomic E-state index is 0.0149. The Morgan fingerprint density at radius 2 is 1.74 bits per heavy atom. The molecule has 3 fully saturated rings. The first-order chi connectivity index (χ1) is 31.1. The average Bonchev–Trinajstić information content (AvgIpc) is 3.87. The molecule has 1 aliphatic carbocycles. The highest BCUT2D eigenvalue weighted by Gasteiger charge is 2.64. The van der Waals surface area contributed by atoms with E-state index in [0.29, 0.717) is 64.8 Å². The molecular formula is C48H56ClFN12O3. The third-order valence-corrected chi connectivity index (χ3v) is 14.5. The van der Waals surface area contributed by atoms with Gasteiger partial charge in [0.2, 0.25) is 11.9 Å². The van der Waals surface area contributed by atoms with Crippen LogP contribution in [0.3, 0.4) is 0 Å². The number of hydrogen-bond acceptors (Lipinski definition) is 11. The van der Waals surface area contributed by atoms with Crippen molar-refractivity contribution in [2.24, 2.45) is 23.8 Å². The normalized spacial score (nSPS) is 20.6. The molecule has 15 nitrogen and oxygen atoms in total. The molecule has 1 saturated carbocycles. The Bertz CT molecular complexity index is 2630. The number of anilines is 3. The number of carbonyl (C=O) groups is 2. The van der Waals surface area contributed by atoms with Crippen LogP contribution < -0.4 is 20.3 Å². The SMILES string of the molecule is CC(=O)N1CCc2c(c(Nc3ccc(-c4cnn(C)c4)cc3F)nn2C2CN(CCC3CCN(c4ncc(C(=O)NC5C(C)(C)C(Oc6ccc(C#N)c(Cl)c6)C5(C)C)cn4)CC3)C2)C1. The van der Waals surface area contributed by atoms with E-state index in [0.717, 1.165) is 74.4 Å². The number of nitrogens with zero attached hydrogens (tertiary/aromatic N) is 10. The number of ether oxygens (including phenoxy) is 1. The summed E-state index contributed by atoms with van der Waals surface area (Å²) in [6, 6.07) is 12.3. The molecule has 2 N–H and O–H groups in total. The third kappa shape index (κ3) is 8.63. The second kappa shape index (κ2) is 17.4. The number of carbonyl (C=O) groups excluding carboxylic acids is 2. The molecule has 340 valence electrons. The average molecular weight is 904 g/mol. The van der Waals surface area contributed by atoms with E-state index in [2.05, 4.69) is 73.9 Å². The molecule has 0 unspecified atom stereocenters. The van der Waals surface area contributed by atoms with Crippen molar-refractivity contribution >= 4 is 40.9 Å². The molecule has 4 aliphatic rings. The van der Waals surface area contributed by atoms with E-state index < -0.39 is 0 Å². The van der Waals surface area contributed by atoms with E-state index >= 15 is 4.39 Å². The van der Waals surface area contributed by atoms with Gasteiger partial charge in [0, 0.05) is 111 Å². The molecule has 3 aliphatic heterocycles. The summed E-state index contributed by atoms with van der Waals surface area (Å²) in [5.41, 5.74) is 4.02. The minimum Gasteiger partial charge on any atom is -0.489 e. The van der Waals surface area contributed by atoms with Crippen LogP contribution in [0.4, 0.5) is 21.8 Å². The summed E-state index contributed by atoms with van der Waals surface area (Å²) in [7, 11) is 1.83. The van der Waals surface area contributed by atoms with Gasteiger partial charge in [0.15, 0.2) is 5.82 Å². The van der Waals surface area contributed by atoms with Crippen molar-refractivity contribution in [2.45, 2.75) is 85.0 Å². The van der Waals surface area contributed by atoms with E-state index in [1.807, 2.05) is 24.2 Å². The van der Waals surface area contributed by atoms with Crippen molar-refractivity contribution < 1.29 is 18.7 Å². The van der Waals surface area contributed by atoms with E-state index in [1.165, 1.54) is 6.07 Å². The second-order valence-corrected chi connectivity index (χ2v) is 19.7. The summed E-state index contributed by atoms with van der Waals surface area (Å²) in [6.07, 6.45) is 10.5. The lowest BCUT2D eigenvalue weighted by atomic mass is 9.49. The number of nitrogens with one attached hydrogen (secondary N) is 2. The molecule has 5 aromatic rings. The maximum atomic E-state index is 15.5. The topological polar surface area (TPSA) is 162 Å². The second-order valence-electron chi connectivity index (χ2n) is 19.3. The maximum Gasteiger partial charge on any atom is 0.254 e. The third-order valence-electron chi connectivity index (χ3n) is 14.2. The summed E-state index contributed by atoms with van der Waals surface area (Å²) in [5, 5.41) is 25.3. The highest BCUT2D eigenvalue weighted by molar-refractivity contribution is 6.31. The van der Waals surface area contributed by atoms with Crippen LogP contribution in [0.25, 0.3) is 11.1 Å². The van der Waals surface area contributed by atoms with Crippen LogP contribution >= 0.6 is 11.6 Å². The molecule has 65 heavy (non-hydrogen) atoms. The van der Waals surface area contributed by atoms with E-state index in [4.69, 9.17) is 21.4 Å². The van der Waals surface area contributed by atoms with Crippen molar-refractivity contribution in [1.29, 1.82) is 5.26 Å². The number of rotatable bonds is 12. The fourth-order valence-corrected chi connectivity index (χ4v) is 10.9. The Labute approximate surface area is 383 Å². The van der Waals surface area contributed by atoms with Gasteiger partial charge in [-0.3, -0.25) is 23.9 Å². The van der Waals surface area contributed by atoms with Gasteiger partial charge in [0.05, 0.1) is 40.6 Å². The number of amides is 2. The summed E-state index contributed by atoms with van der Waals surface area (Å²) >= 11 is 6.26. The number of benzene rings is 2. The lowest BCUT2D eigenvalue weighted by molar-refractivity contribution is -0.164. The van der Waals surface area contributed by atoms with Gasteiger partial charge < -0.3 is 25.2 Å². The molecule has 6 heterocycles. The van der Waals surface area contributed by atoms with Gasteiger partial charge in [-0.25, -0.2) is 14.4 Å². The van der Waals surface area contributed by atoms with Gasteiger partial charge in [-0.1, -0.05) is 45.4 Å². The monoisotopic (exact) mass is 902 g/mol. The number of piperidine rings is 1. The van der Waals surface area contributed by atoms with Crippen LogP contribution in [0.1, 0.15) is 87.1 Å². The van der Waals surface area contributed by atoms with Crippen molar-refractivity contribution in [1.82, 2.24) is 44.6 Å². The van der Waals surface area contributed by atoms with Gasteiger partial charge >= 0.3 is 0 Å². The Kier molecular flexibility index (Phi) is 11.8. The van der Waals surface area contributed by atoms with Crippen LogP contribution in [0.15, 0.2) is 61.2 Å². The van der Waals surface area contributed by atoms with Crippen molar-refractivity contribution in [3.63, 3.8) is 0 Å². The largest absolute Gasteiger partial charge is 0.489 e. The summed E-state index contributed by atoms with van der Waals surface area (Å²) in [6.45, 7) is 15.5. The zero-order valence-corrected chi connectivity index (χ0v) is 38.6. The van der Waals surface area contributed by atoms with Gasteiger partial charge in [0.25, 0.3) is 5.91 Å². The van der Waals surface area contributed by atoms with Gasteiger partial charge in [-0.2, -0.15) is 15.5 Å². The number of hydrogen-bond donors (Lipinski definition) is 2. The number of aromatic nitrogens is 6. The van der Waals surface area contributed by atoms with E-state index in [-0.39, 0.29) is 46.6 Å². The molecule has 9 rings (SSSR count). The smallest absolute Gasteiger partial charge is 0.254 e. The zero-order chi connectivity index (χ0) is 45.8. The molecule has 3 aromatic heterocycles. The van der Waals surface area contributed by atoms with Gasteiger partial charge in [0.1, 0.15) is 23.7 Å². The fraction of sp³-hybridized carbons (Fsp3) is 0.479. The standard InChI is InChI=1S/C48H56ClFN12O3/c1-29(63)61-18-14-41-37(28-61)42(55-40-10-8-31(19-39(40)50)34-24-54-58(6)25-34)57-62(41)35-26-59(27-35)15-11-30-12-16-60(17-13-30)46-52-22-33(23-53-46)43(64)56-44-47(2,3)45(48(44,4)5)65-36-9-7-32(21-51)38(49)20-36/h7-10,19-20,22-25,30,35,44-45H,11-18,26-28H2,1-6H3,(H,55,57)(H,56,64). The molecule has 17 heteroatoms. The van der Waals surface area contributed by atoms with E-state index in [9.17, 15) is 14.9 Å². The molecule has 2 saturated heterocycles. The molecule has 0 bridgehead atoms. The van der Waals surface area contributed by atoms with Crippen LogP contribution in [-0.2, 0) is 24.8 Å². The molecule has 0 spiro atoms. The van der Waals surface area contributed by atoms with Crippen molar-refractivity contribution in [3.8, 4) is 22.9 Å². The van der Waals surface area contributed by atoms with Crippen molar-refractivity contribution in [3.05, 3.63) is 94.4 Å². The number of nitriles is 1. The van der Waals surface area contributed by atoms with Crippen molar-refractivity contribution in [2.75, 3.05) is 49.5 Å². The number of likely N-dealkylation sites (tertiary alicyclic amines) is 1. The van der Waals surface area contributed by atoms with Gasteiger partial charge in [-0.15, -0.1) is 0 Å². The maximum absolute atomic E-state index is 15.5. The van der Waals surface area contributed by atoms with Gasteiger partial charge in [-0.05, 0) is 61.6 Å². The Morgan fingerprint density at radius 3 is 2.38 bits per heavy atom. The number of halogens is 2. The fourth-order valence-electron chi connectivity index (χ4n) is 10.7. The first kappa shape index (κ1) is 44.2. The van der Waals surface area contributed by atoms with E-state index in [1.54, 1.807) is 54.5 Å². The first-order valence-electron chi connectivity index (χ1n) is 22.5. The highest BCUT2D eigenvalue weighted by atomic mass is 35.5. The zero-order valence-electron chi connectivity index (χ0n) is 37.8. The summed E-state index contributed by atoms with van der Waals surface area (Å²) in [4.78, 5) is 41.6. The van der Waals surface area contributed by atoms with Crippen LogP contribution in [0.2, 0.25) is 5.02 Å². The molecular weight excluding hydrogens is 847 g/mol. The quantitative estimate of drug-likeness (QED) is 0.131. The first-order valence-corrected chi connectivity index (χ1v) is 22.8. The predicted molar refractivity (Wildman–Crippen MR) is 245 cm³/mol. The Hall–Kier alpha value is -6.05. The number of aryl methyl sites for hydroxylation is 1. The Morgan fingerprint density at radius 1 is 1.00 bits per heavy atom. The molecule has 2 aromatic carbocycles. The molecule has 2 amide bonds. The minimum atomic E-state index is -0.386. The summed E-state index contributed by atoms with van der Waals surface area (Å²) in [5.74, 6) is 1.82. The highest BCUT2D eigenvalue weighted by Crippen LogP contribution is 2.55. The lowest BCUT2D eigenvalue weighted by Crippen LogP contribution is -2.74. The predicted octanol–water partition coefficient (Wildman–Crippen LogP) is 7.16. The Balaban J connectivity index is 0.748. The van der Waals surface area contributed by atoms with Crippen LogP contribution in [0, 0.1) is 33.9 Å². The number of fused-ring (bicyclic) bond motifs is 1. The molecule has 0 atom stereocenters. The summed E-state index contributed by atoms with van der Waals surface area (Å²) < 4.78 is 25.7. The van der Waals surface area contributed by atoms with Crippen LogP contribution in [0.5, 0.6) is 5.75 Å². The lowest BCUT2D eigenvalue weighted by Gasteiger charge is -2.63.